The lowest BCUT2D eigenvalue weighted by Gasteiger charge is -2.22. The van der Waals surface area contributed by atoms with Crippen molar-refractivity contribution in [3.05, 3.63) is 35.4 Å². The van der Waals surface area contributed by atoms with Gasteiger partial charge in [-0.25, -0.2) is 0 Å². The third-order valence-electron chi connectivity index (χ3n) is 3.18. The molecule has 94 valence electrons. The van der Waals surface area contributed by atoms with Crippen molar-refractivity contribution in [3.8, 4) is 6.07 Å². The second-order valence-corrected chi connectivity index (χ2v) is 4.65. The second-order valence-electron chi connectivity index (χ2n) is 4.65. The molecule has 1 aliphatic rings. The van der Waals surface area contributed by atoms with Crippen molar-refractivity contribution < 1.29 is 4.74 Å². The highest BCUT2D eigenvalue weighted by Gasteiger charge is 2.17. The SMILES string of the molecule is CCCCC1CN=C(c2ccc(C#N)cc2)OC1. The molecule has 1 aromatic rings. The van der Waals surface area contributed by atoms with Gasteiger partial charge in [0.05, 0.1) is 18.2 Å². The van der Waals surface area contributed by atoms with Crippen molar-refractivity contribution in [1.29, 1.82) is 5.26 Å². The molecule has 0 N–H and O–H groups in total. The first-order chi connectivity index (χ1) is 8.83. The van der Waals surface area contributed by atoms with Crippen molar-refractivity contribution in [3.63, 3.8) is 0 Å². The van der Waals surface area contributed by atoms with Crippen LogP contribution in [0.2, 0.25) is 0 Å². The third kappa shape index (κ3) is 3.10. The van der Waals surface area contributed by atoms with E-state index in [-0.39, 0.29) is 0 Å². The van der Waals surface area contributed by atoms with E-state index in [0.717, 1.165) is 18.7 Å². The number of rotatable bonds is 4. The average molecular weight is 242 g/mol. The van der Waals surface area contributed by atoms with Crippen LogP contribution in [0.1, 0.15) is 37.3 Å². The van der Waals surface area contributed by atoms with Gasteiger partial charge in [0.2, 0.25) is 5.90 Å². The summed E-state index contributed by atoms with van der Waals surface area (Å²) in [6.07, 6.45) is 3.67. The predicted molar refractivity (Wildman–Crippen MR) is 71.5 cm³/mol. The van der Waals surface area contributed by atoms with E-state index in [1.54, 1.807) is 12.1 Å². The first-order valence-corrected chi connectivity index (χ1v) is 6.51. The van der Waals surface area contributed by atoms with Crippen molar-refractivity contribution in [2.75, 3.05) is 13.2 Å². The zero-order valence-corrected chi connectivity index (χ0v) is 10.7. The number of benzene rings is 1. The Bertz CT molecular complexity index is 456. The minimum atomic E-state index is 0.562. The van der Waals surface area contributed by atoms with Crippen molar-refractivity contribution in [2.45, 2.75) is 26.2 Å². The summed E-state index contributed by atoms with van der Waals surface area (Å²) in [5.41, 5.74) is 1.62. The van der Waals surface area contributed by atoms with Crippen LogP contribution in [0.4, 0.5) is 0 Å². The topological polar surface area (TPSA) is 45.4 Å². The molecule has 3 heteroatoms. The van der Waals surface area contributed by atoms with Crippen LogP contribution in [0.3, 0.4) is 0 Å². The van der Waals surface area contributed by atoms with Crippen molar-refractivity contribution >= 4 is 5.90 Å². The minimum Gasteiger partial charge on any atom is -0.477 e. The molecule has 3 nitrogen and oxygen atoms in total. The molecular formula is C15H18N2O. The molecule has 0 aliphatic carbocycles. The molecule has 0 radical (unpaired) electrons. The molecule has 0 saturated heterocycles. The Hall–Kier alpha value is -1.82. The fraction of sp³-hybridized carbons (Fsp3) is 0.467. The van der Waals surface area contributed by atoms with E-state index in [4.69, 9.17) is 10.00 Å². The Labute approximate surface area is 108 Å². The van der Waals surface area contributed by atoms with E-state index < -0.39 is 0 Å². The van der Waals surface area contributed by atoms with Crippen LogP contribution < -0.4 is 0 Å². The molecule has 1 heterocycles. The molecule has 0 spiro atoms. The second kappa shape index (κ2) is 6.20. The van der Waals surface area contributed by atoms with E-state index in [1.165, 1.54) is 19.3 Å². The monoisotopic (exact) mass is 242 g/mol. The van der Waals surface area contributed by atoms with Crippen LogP contribution in [-0.4, -0.2) is 19.0 Å². The summed E-state index contributed by atoms with van der Waals surface area (Å²) in [6, 6.07) is 9.48. The lowest BCUT2D eigenvalue weighted by Crippen LogP contribution is -2.23. The summed E-state index contributed by atoms with van der Waals surface area (Å²) in [7, 11) is 0. The maximum Gasteiger partial charge on any atom is 0.216 e. The standard InChI is InChI=1S/C15H18N2O/c1-2-3-4-13-10-17-15(18-11-13)14-7-5-12(9-16)6-8-14/h5-8,13H,2-4,10-11H2,1H3. The molecule has 0 amide bonds. The highest BCUT2D eigenvalue weighted by Crippen LogP contribution is 2.17. The van der Waals surface area contributed by atoms with Gasteiger partial charge in [0, 0.05) is 18.0 Å². The molecule has 2 rings (SSSR count). The van der Waals surface area contributed by atoms with Crippen LogP contribution in [0.5, 0.6) is 0 Å². The molecule has 1 atom stereocenters. The summed E-state index contributed by atoms with van der Waals surface area (Å²) in [6.45, 7) is 3.82. The summed E-state index contributed by atoms with van der Waals surface area (Å²) >= 11 is 0. The summed E-state index contributed by atoms with van der Waals surface area (Å²) in [4.78, 5) is 4.50. The highest BCUT2D eigenvalue weighted by atomic mass is 16.5. The number of hydrogen-bond donors (Lipinski definition) is 0. The number of aliphatic imine (C=N–C) groups is 1. The van der Waals surface area contributed by atoms with E-state index in [9.17, 15) is 0 Å². The number of unbranched alkanes of at least 4 members (excludes halogenated alkanes) is 1. The first-order valence-electron chi connectivity index (χ1n) is 6.51. The summed E-state index contributed by atoms with van der Waals surface area (Å²) in [5, 5.41) is 8.74. The normalized spacial score (nSPS) is 18.7. The largest absolute Gasteiger partial charge is 0.477 e. The maximum absolute atomic E-state index is 8.74. The average Bonchev–Trinajstić information content (AvgIpc) is 2.46. The lowest BCUT2D eigenvalue weighted by atomic mass is 10.0. The molecule has 0 bridgehead atoms. The fourth-order valence-electron chi connectivity index (χ4n) is 2.04. The van der Waals surface area contributed by atoms with Crippen LogP contribution in [0.15, 0.2) is 29.3 Å². The molecule has 0 fully saturated rings. The minimum absolute atomic E-state index is 0.562. The molecule has 18 heavy (non-hydrogen) atoms. The number of ether oxygens (including phenoxy) is 1. The van der Waals surface area contributed by atoms with Gasteiger partial charge in [-0.1, -0.05) is 19.8 Å². The third-order valence-corrected chi connectivity index (χ3v) is 3.18. The van der Waals surface area contributed by atoms with Gasteiger partial charge in [0.1, 0.15) is 0 Å². The van der Waals surface area contributed by atoms with E-state index in [2.05, 4.69) is 18.0 Å². The molecule has 1 aromatic carbocycles. The zero-order valence-electron chi connectivity index (χ0n) is 10.7. The van der Waals surface area contributed by atoms with Crippen LogP contribution in [0.25, 0.3) is 0 Å². The Morgan fingerprint density at radius 3 is 2.72 bits per heavy atom. The van der Waals surface area contributed by atoms with Crippen molar-refractivity contribution in [2.24, 2.45) is 10.9 Å². The van der Waals surface area contributed by atoms with Crippen LogP contribution in [-0.2, 0) is 4.74 Å². The number of hydrogen-bond acceptors (Lipinski definition) is 3. The van der Waals surface area contributed by atoms with Crippen LogP contribution in [0, 0.1) is 17.2 Å². The van der Waals surface area contributed by atoms with Gasteiger partial charge in [-0.05, 0) is 30.7 Å². The Kier molecular flexibility index (Phi) is 4.35. The lowest BCUT2D eigenvalue weighted by molar-refractivity contribution is 0.211. The Balaban J connectivity index is 1.98. The zero-order chi connectivity index (χ0) is 12.8. The molecule has 1 aliphatic heterocycles. The van der Waals surface area contributed by atoms with E-state index in [0.29, 0.717) is 17.4 Å². The van der Waals surface area contributed by atoms with E-state index >= 15 is 0 Å². The fourth-order valence-corrected chi connectivity index (χ4v) is 2.04. The predicted octanol–water partition coefficient (Wildman–Crippen LogP) is 3.14. The maximum atomic E-state index is 8.74. The quantitative estimate of drug-likeness (QED) is 0.814. The van der Waals surface area contributed by atoms with Gasteiger partial charge >= 0.3 is 0 Å². The van der Waals surface area contributed by atoms with Gasteiger partial charge in [-0.2, -0.15) is 5.26 Å². The summed E-state index contributed by atoms with van der Waals surface area (Å²) in [5.74, 6) is 1.28. The Morgan fingerprint density at radius 2 is 2.17 bits per heavy atom. The Morgan fingerprint density at radius 1 is 1.39 bits per heavy atom. The van der Waals surface area contributed by atoms with Gasteiger partial charge in [-0.3, -0.25) is 4.99 Å². The molecule has 0 saturated carbocycles. The van der Waals surface area contributed by atoms with Gasteiger partial charge in [0.25, 0.3) is 0 Å². The molecule has 1 unspecified atom stereocenters. The summed E-state index contributed by atoms with van der Waals surface area (Å²) < 4.78 is 5.71. The molecule has 0 aromatic heterocycles. The van der Waals surface area contributed by atoms with Gasteiger partial charge in [-0.15, -0.1) is 0 Å². The van der Waals surface area contributed by atoms with E-state index in [1.807, 2.05) is 12.1 Å². The highest BCUT2D eigenvalue weighted by molar-refractivity contribution is 5.94. The number of nitriles is 1. The van der Waals surface area contributed by atoms with Crippen LogP contribution >= 0.6 is 0 Å². The smallest absolute Gasteiger partial charge is 0.216 e. The van der Waals surface area contributed by atoms with Crippen molar-refractivity contribution in [1.82, 2.24) is 0 Å². The molecular weight excluding hydrogens is 224 g/mol. The first kappa shape index (κ1) is 12.6. The number of nitrogens with zero attached hydrogens (tertiary/aromatic N) is 2. The van der Waals surface area contributed by atoms with Gasteiger partial charge < -0.3 is 4.74 Å². The van der Waals surface area contributed by atoms with Gasteiger partial charge in [0.15, 0.2) is 0 Å².